The molecule has 0 saturated carbocycles. The Bertz CT molecular complexity index is 272. The lowest BCUT2D eigenvalue weighted by molar-refractivity contribution is 0.691. The van der Waals surface area contributed by atoms with Crippen molar-refractivity contribution in [2.45, 2.75) is 4.90 Å². The minimum absolute atomic E-state index is 0.191. The molecule has 56 valence electrons. The predicted octanol–water partition coefficient (Wildman–Crippen LogP) is 1.33. The Labute approximate surface area is 69.9 Å². The lowest BCUT2D eigenvalue weighted by Crippen LogP contribution is -1.84. The maximum atomic E-state index is 10.6. The van der Waals surface area contributed by atoms with E-state index in [-0.39, 0.29) is 5.15 Å². The number of aryl methyl sites for hydroxylation is 1. The van der Waals surface area contributed by atoms with Gasteiger partial charge in [-0.05, 0) is 10.7 Å². The number of aromatic nitrogens is 2. The van der Waals surface area contributed by atoms with E-state index in [0.717, 1.165) is 0 Å². The molecule has 0 spiro atoms. The molecule has 1 unspecified atom stereocenters. The van der Waals surface area contributed by atoms with Crippen molar-refractivity contribution < 1.29 is 4.21 Å². The van der Waals surface area contributed by atoms with Gasteiger partial charge >= 0.3 is 0 Å². The first kappa shape index (κ1) is 8.04. The van der Waals surface area contributed by atoms with Crippen molar-refractivity contribution in [3.05, 3.63) is 11.3 Å². The Hall–Kier alpha value is -0.0600. The van der Waals surface area contributed by atoms with E-state index in [4.69, 9.17) is 22.3 Å². The summed E-state index contributed by atoms with van der Waals surface area (Å²) in [6.07, 6.45) is 1.52. The number of halogens is 2. The molecule has 0 aliphatic heterocycles. The van der Waals surface area contributed by atoms with Gasteiger partial charge < -0.3 is 0 Å². The lowest BCUT2D eigenvalue weighted by atomic mass is 10.7. The van der Waals surface area contributed by atoms with Crippen LogP contribution in [-0.2, 0) is 17.1 Å². The third-order valence-corrected chi connectivity index (χ3v) is 2.46. The van der Waals surface area contributed by atoms with Gasteiger partial charge in [-0.25, -0.2) is 4.21 Å². The zero-order valence-corrected chi connectivity index (χ0v) is 7.37. The molecule has 1 rings (SSSR count). The van der Waals surface area contributed by atoms with Crippen LogP contribution in [0.5, 0.6) is 0 Å². The Kier molecular flexibility index (Phi) is 2.33. The highest BCUT2D eigenvalue weighted by atomic mass is 35.7. The van der Waals surface area contributed by atoms with Gasteiger partial charge in [0.2, 0.25) is 0 Å². The van der Waals surface area contributed by atoms with E-state index in [0.29, 0.717) is 4.90 Å². The fourth-order valence-electron chi connectivity index (χ4n) is 0.547. The van der Waals surface area contributed by atoms with Crippen LogP contribution in [0.1, 0.15) is 0 Å². The summed E-state index contributed by atoms with van der Waals surface area (Å²) in [6, 6.07) is 0. The first-order valence-corrected chi connectivity index (χ1v) is 4.74. The molecule has 0 N–H and O–H groups in total. The summed E-state index contributed by atoms with van der Waals surface area (Å²) in [7, 11) is 5.37. The summed E-state index contributed by atoms with van der Waals surface area (Å²) in [5.41, 5.74) is 0. The summed E-state index contributed by atoms with van der Waals surface area (Å²) in [5.74, 6) is 0. The standard InChI is InChI=1S/C4H4Cl2N2OS/c1-8-2-3(10(6)9)4(5)7-8/h2H,1H3. The number of hydrogen-bond donors (Lipinski definition) is 0. The highest BCUT2D eigenvalue weighted by Gasteiger charge is 2.09. The highest BCUT2D eigenvalue weighted by Crippen LogP contribution is 2.18. The van der Waals surface area contributed by atoms with E-state index in [9.17, 15) is 4.21 Å². The van der Waals surface area contributed by atoms with Crippen molar-refractivity contribution in [3.8, 4) is 0 Å². The van der Waals surface area contributed by atoms with Gasteiger partial charge in [0, 0.05) is 13.2 Å². The minimum Gasteiger partial charge on any atom is -0.273 e. The van der Waals surface area contributed by atoms with Crippen molar-refractivity contribution in [2.24, 2.45) is 7.05 Å². The van der Waals surface area contributed by atoms with E-state index in [1.807, 2.05) is 0 Å². The van der Waals surface area contributed by atoms with Gasteiger partial charge in [0.1, 0.15) is 4.90 Å². The average molecular weight is 199 g/mol. The van der Waals surface area contributed by atoms with Crippen molar-refractivity contribution >= 4 is 32.3 Å². The summed E-state index contributed by atoms with van der Waals surface area (Å²) in [5, 5.41) is 3.93. The van der Waals surface area contributed by atoms with E-state index in [2.05, 4.69) is 5.10 Å². The molecule has 0 aliphatic rings. The van der Waals surface area contributed by atoms with Crippen LogP contribution < -0.4 is 0 Å². The number of rotatable bonds is 1. The molecule has 0 aliphatic carbocycles. The van der Waals surface area contributed by atoms with Crippen LogP contribution in [0.3, 0.4) is 0 Å². The van der Waals surface area contributed by atoms with Gasteiger partial charge in [0.15, 0.2) is 15.2 Å². The van der Waals surface area contributed by atoms with E-state index in [1.165, 1.54) is 10.9 Å². The molecule has 1 atom stereocenters. The van der Waals surface area contributed by atoms with Gasteiger partial charge in [0.25, 0.3) is 0 Å². The van der Waals surface area contributed by atoms with Gasteiger partial charge in [-0.1, -0.05) is 11.6 Å². The molecule has 0 aromatic carbocycles. The monoisotopic (exact) mass is 198 g/mol. The number of hydrogen-bond acceptors (Lipinski definition) is 2. The van der Waals surface area contributed by atoms with Crippen LogP contribution in [0.2, 0.25) is 5.15 Å². The molecular formula is C4H4Cl2N2OS. The van der Waals surface area contributed by atoms with Gasteiger partial charge in [0.05, 0.1) is 0 Å². The van der Waals surface area contributed by atoms with Crippen LogP contribution in [0.15, 0.2) is 11.1 Å². The Morgan fingerprint density at radius 1 is 1.80 bits per heavy atom. The van der Waals surface area contributed by atoms with E-state index in [1.54, 1.807) is 7.05 Å². The van der Waals surface area contributed by atoms with Crippen molar-refractivity contribution in [2.75, 3.05) is 0 Å². The second kappa shape index (κ2) is 2.90. The molecule has 0 fully saturated rings. The maximum absolute atomic E-state index is 10.6. The molecule has 6 heteroatoms. The molecule has 0 bridgehead atoms. The zero-order chi connectivity index (χ0) is 7.72. The van der Waals surface area contributed by atoms with Crippen molar-refractivity contribution in [1.29, 1.82) is 0 Å². The molecule has 10 heavy (non-hydrogen) atoms. The van der Waals surface area contributed by atoms with Gasteiger partial charge in [-0.3, -0.25) is 4.68 Å². The molecule has 3 nitrogen and oxygen atoms in total. The second-order valence-electron chi connectivity index (χ2n) is 1.68. The molecule has 0 radical (unpaired) electrons. The highest BCUT2D eigenvalue weighted by molar-refractivity contribution is 8.08. The Balaban J connectivity index is 3.15. The third-order valence-electron chi connectivity index (χ3n) is 0.926. The van der Waals surface area contributed by atoms with Gasteiger partial charge in [-0.15, -0.1) is 0 Å². The first-order valence-electron chi connectivity index (χ1n) is 2.38. The molecule has 1 heterocycles. The Morgan fingerprint density at radius 2 is 2.40 bits per heavy atom. The summed E-state index contributed by atoms with van der Waals surface area (Å²) < 4.78 is 12.1. The van der Waals surface area contributed by atoms with Crippen LogP contribution in [0.4, 0.5) is 0 Å². The predicted molar refractivity (Wildman–Crippen MR) is 40.5 cm³/mol. The van der Waals surface area contributed by atoms with E-state index < -0.39 is 10.0 Å². The Morgan fingerprint density at radius 3 is 2.60 bits per heavy atom. The molecule has 1 aromatic heterocycles. The smallest absolute Gasteiger partial charge is 0.168 e. The van der Waals surface area contributed by atoms with Crippen LogP contribution in [-0.4, -0.2) is 14.0 Å². The van der Waals surface area contributed by atoms with Crippen molar-refractivity contribution in [1.82, 2.24) is 9.78 Å². The molecular weight excluding hydrogens is 195 g/mol. The van der Waals surface area contributed by atoms with Crippen molar-refractivity contribution in [3.63, 3.8) is 0 Å². The fourth-order valence-corrected chi connectivity index (χ4v) is 1.79. The van der Waals surface area contributed by atoms with Gasteiger partial charge in [-0.2, -0.15) is 5.10 Å². The summed E-state index contributed by atoms with van der Waals surface area (Å²) in [6.45, 7) is 0. The first-order chi connectivity index (χ1) is 4.61. The molecule has 1 aromatic rings. The second-order valence-corrected chi connectivity index (χ2v) is 3.77. The number of nitrogens with zero attached hydrogens (tertiary/aromatic N) is 2. The van der Waals surface area contributed by atoms with Crippen LogP contribution in [0.25, 0.3) is 0 Å². The largest absolute Gasteiger partial charge is 0.273 e. The minimum atomic E-state index is -1.56. The summed E-state index contributed by atoms with van der Waals surface area (Å²) in [4.78, 5) is 0.353. The topological polar surface area (TPSA) is 34.9 Å². The lowest BCUT2D eigenvalue weighted by Gasteiger charge is -1.82. The maximum Gasteiger partial charge on any atom is 0.168 e. The SMILES string of the molecule is Cn1cc(S(=O)Cl)c(Cl)n1. The van der Waals surface area contributed by atoms with E-state index >= 15 is 0 Å². The normalized spacial score (nSPS) is 13.5. The third kappa shape index (κ3) is 1.51. The van der Waals surface area contributed by atoms with Crippen LogP contribution >= 0.6 is 22.3 Å². The average Bonchev–Trinajstić information content (AvgIpc) is 2.10. The molecule has 0 saturated heterocycles. The quantitative estimate of drug-likeness (QED) is 0.639. The fraction of sp³-hybridized carbons (Fsp3) is 0.250. The van der Waals surface area contributed by atoms with Crippen LogP contribution in [0, 0.1) is 0 Å². The molecule has 0 amide bonds. The summed E-state index contributed by atoms with van der Waals surface area (Å²) >= 11 is 5.53. The zero-order valence-electron chi connectivity index (χ0n) is 5.04.